The van der Waals surface area contributed by atoms with Crippen LogP contribution in [0.15, 0.2) is 30.3 Å². The Balaban J connectivity index is 1.74. The van der Waals surface area contributed by atoms with Gasteiger partial charge in [-0.05, 0) is 31.7 Å². The van der Waals surface area contributed by atoms with Crippen molar-refractivity contribution in [2.24, 2.45) is 0 Å². The van der Waals surface area contributed by atoms with Crippen molar-refractivity contribution in [3.8, 4) is 5.75 Å². The van der Waals surface area contributed by atoms with Crippen molar-refractivity contribution in [2.75, 3.05) is 5.73 Å². The Morgan fingerprint density at radius 3 is 1.96 bits per heavy atom. The fraction of sp³-hybridized carbons (Fsp3) is 0.522. The molecule has 0 heterocycles. The quantitative estimate of drug-likeness (QED) is 0.577. The van der Waals surface area contributed by atoms with Crippen LogP contribution in [-0.2, 0) is 0 Å². The van der Waals surface area contributed by atoms with Gasteiger partial charge in [-0.15, -0.1) is 0 Å². The summed E-state index contributed by atoms with van der Waals surface area (Å²) >= 11 is 0. The van der Waals surface area contributed by atoms with Crippen LogP contribution in [0.2, 0.25) is 0 Å². The molecule has 2 saturated carbocycles. The molecule has 0 atom stereocenters. The molecule has 0 unspecified atom stereocenters. The molecule has 0 saturated heterocycles. The Labute approximate surface area is 161 Å². The fourth-order valence-electron chi connectivity index (χ4n) is 5.04. The summed E-state index contributed by atoms with van der Waals surface area (Å²) in [6, 6.07) is 9.76. The number of nitrogens with two attached hydrogens (primary N) is 1. The molecule has 0 spiro atoms. The Kier molecular flexibility index (Phi) is 5.24. The number of carbonyl (C=O) groups is 1. The van der Waals surface area contributed by atoms with Crippen LogP contribution in [0.5, 0.6) is 5.75 Å². The first-order valence-electron chi connectivity index (χ1n) is 10.5. The molecule has 2 aliphatic carbocycles. The van der Waals surface area contributed by atoms with Gasteiger partial charge in [0.1, 0.15) is 5.75 Å². The van der Waals surface area contributed by atoms with E-state index in [0.717, 1.165) is 31.1 Å². The molecule has 2 fully saturated rings. The lowest BCUT2D eigenvalue weighted by molar-refractivity contribution is 0.0446. The van der Waals surface area contributed by atoms with Gasteiger partial charge in [0.15, 0.2) is 0 Å². The van der Waals surface area contributed by atoms with E-state index >= 15 is 0 Å². The highest BCUT2D eigenvalue weighted by molar-refractivity contribution is 6.07. The van der Waals surface area contributed by atoms with Crippen molar-refractivity contribution >= 4 is 22.4 Å². The summed E-state index contributed by atoms with van der Waals surface area (Å²) in [4.78, 5) is 15.8. The predicted octanol–water partition coefficient (Wildman–Crippen LogP) is 5.24. The summed E-state index contributed by atoms with van der Waals surface area (Å²) in [7, 11) is 0. The van der Waals surface area contributed by atoms with Gasteiger partial charge in [-0.1, -0.05) is 62.8 Å². The Bertz CT molecular complexity index is 802. The van der Waals surface area contributed by atoms with Gasteiger partial charge in [0, 0.05) is 28.5 Å². The third-order valence-corrected chi connectivity index (χ3v) is 6.45. The van der Waals surface area contributed by atoms with Gasteiger partial charge in [-0.3, -0.25) is 4.79 Å². The molecule has 4 heteroatoms. The molecular formula is C23H30N2O2. The van der Waals surface area contributed by atoms with Crippen molar-refractivity contribution in [1.82, 2.24) is 4.90 Å². The number of fused-ring (bicyclic) bond motifs is 1. The van der Waals surface area contributed by atoms with Gasteiger partial charge in [0.2, 0.25) is 0 Å². The third kappa shape index (κ3) is 3.50. The second-order valence-corrected chi connectivity index (χ2v) is 8.20. The van der Waals surface area contributed by atoms with Crippen LogP contribution in [0, 0.1) is 0 Å². The molecule has 144 valence electrons. The minimum Gasteiger partial charge on any atom is -0.506 e. The van der Waals surface area contributed by atoms with E-state index in [1.807, 2.05) is 24.3 Å². The molecule has 3 N–H and O–H groups in total. The zero-order valence-electron chi connectivity index (χ0n) is 16.0. The van der Waals surface area contributed by atoms with E-state index in [1.54, 1.807) is 6.07 Å². The average Bonchev–Trinajstić information content (AvgIpc) is 2.72. The van der Waals surface area contributed by atoms with Crippen LogP contribution in [0.25, 0.3) is 10.8 Å². The lowest BCUT2D eigenvalue weighted by atomic mass is 9.88. The van der Waals surface area contributed by atoms with Gasteiger partial charge in [-0.25, -0.2) is 0 Å². The van der Waals surface area contributed by atoms with Crippen LogP contribution >= 0.6 is 0 Å². The van der Waals surface area contributed by atoms with Crippen molar-refractivity contribution in [1.29, 1.82) is 0 Å². The van der Waals surface area contributed by atoms with Gasteiger partial charge in [0.05, 0.1) is 5.56 Å². The standard InChI is InChI=1S/C23H30N2O2/c24-21-15-20(22(26)19-14-8-7-13-18(19)21)23(27)25(16-9-3-1-4-10-16)17-11-5-2-6-12-17/h7-8,13-17,26H,1-6,9-12,24H2. The number of rotatable bonds is 3. The summed E-state index contributed by atoms with van der Waals surface area (Å²) < 4.78 is 0. The number of amides is 1. The van der Waals surface area contributed by atoms with Gasteiger partial charge in [0.25, 0.3) is 5.91 Å². The summed E-state index contributed by atoms with van der Waals surface area (Å²) in [5.74, 6) is 0.0326. The van der Waals surface area contributed by atoms with E-state index in [-0.39, 0.29) is 11.7 Å². The molecule has 4 rings (SSSR count). The van der Waals surface area contributed by atoms with E-state index in [2.05, 4.69) is 4.90 Å². The Hall–Kier alpha value is -2.23. The number of carbonyl (C=O) groups excluding carboxylic acids is 1. The Morgan fingerprint density at radius 1 is 0.889 bits per heavy atom. The van der Waals surface area contributed by atoms with Crippen molar-refractivity contribution in [3.05, 3.63) is 35.9 Å². The molecule has 27 heavy (non-hydrogen) atoms. The summed E-state index contributed by atoms with van der Waals surface area (Å²) in [6.45, 7) is 0. The molecule has 0 bridgehead atoms. The summed E-state index contributed by atoms with van der Waals surface area (Å²) in [6.07, 6.45) is 11.6. The highest BCUT2D eigenvalue weighted by atomic mass is 16.3. The normalized spacial score (nSPS) is 19.3. The zero-order valence-corrected chi connectivity index (χ0v) is 16.0. The van der Waals surface area contributed by atoms with Crippen LogP contribution in [0.4, 0.5) is 5.69 Å². The van der Waals surface area contributed by atoms with Crippen molar-refractivity contribution < 1.29 is 9.90 Å². The number of benzene rings is 2. The van der Waals surface area contributed by atoms with Gasteiger partial charge < -0.3 is 15.7 Å². The van der Waals surface area contributed by atoms with Crippen LogP contribution in [-0.4, -0.2) is 28.0 Å². The molecule has 0 radical (unpaired) electrons. The lowest BCUT2D eigenvalue weighted by Crippen LogP contribution is -2.48. The summed E-state index contributed by atoms with van der Waals surface area (Å²) in [5.41, 5.74) is 7.16. The molecule has 2 aromatic carbocycles. The van der Waals surface area contributed by atoms with Crippen LogP contribution in [0.3, 0.4) is 0 Å². The second kappa shape index (κ2) is 7.79. The number of phenols is 1. The predicted molar refractivity (Wildman–Crippen MR) is 110 cm³/mol. The average molecular weight is 367 g/mol. The number of hydrogen-bond donors (Lipinski definition) is 2. The molecular weight excluding hydrogens is 336 g/mol. The molecule has 0 aromatic heterocycles. The van der Waals surface area contributed by atoms with E-state index in [0.29, 0.717) is 28.7 Å². The molecule has 2 aromatic rings. The van der Waals surface area contributed by atoms with Crippen molar-refractivity contribution in [2.45, 2.75) is 76.3 Å². The monoisotopic (exact) mass is 366 g/mol. The van der Waals surface area contributed by atoms with Crippen LogP contribution < -0.4 is 5.73 Å². The third-order valence-electron chi connectivity index (χ3n) is 6.45. The van der Waals surface area contributed by atoms with Gasteiger partial charge >= 0.3 is 0 Å². The number of aromatic hydroxyl groups is 1. The zero-order chi connectivity index (χ0) is 18.8. The van der Waals surface area contributed by atoms with E-state index in [4.69, 9.17) is 5.73 Å². The number of nitrogens with zero attached hydrogens (tertiary/aromatic N) is 1. The topological polar surface area (TPSA) is 66.6 Å². The minimum atomic E-state index is -0.0382. The first kappa shape index (κ1) is 18.1. The Morgan fingerprint density at radius 2 is 1.41 bits per heavy atom. The molecule has 0 aliphatic heterocycles. The molecule has 2 aliphatic rings. The minimum absolute atomic E-state index is 0.0382. The maximum Gasteiger partial charge on any atom is 0.258 e. The summed E-state index contributed by atoms with van der Waals surface area (Å²) in [5, 5.41) is 12.3. The van der Waals surface area contributed by atoms with E-state index < -0.39 is 0 Å². The largest absolute Gasteiger partial charge is 0.506 e. The van der Waals surface area contributed by atoms with Crippen molar-refractivity contribution in [3.63, 3.8) is 0 Å². The highest BCUT2D eigenvalue weighted by Crippen LogP contribution is 2.37. The maximum atomic E-state index is 13.7. The molecule has 4 nitrogen and oxygen atoms in total. The van der Waals surface area contributed by atoms with Gasteiger partial charge in [-0.2, -0.15) is 0 Å². The molecule has 1 amide bonds. The van der Waals surface area contributed by atoms with E-state index in [9.17, 15) is 9.90 Å². The lowest BCUT2D eigenvalue weighted by Gasteiger charge is -2.42. The number of hydrogen-bond acceptors (Lipinski definition) is 3. The van der Waals surface area contributed by atoms with E-state index in [1.165, 1.54) is 38.5 Å². The number of nitrogen functional groups attached to an aromatic ring is 1. The second-order valence-electron chi connectivity index (χ2n) is 8.20. The number of phenolic OH excluding ortho intramolecular Hbond substituents is 1. The number of anilines is 1. The first-order valence-corrected chi connectivity index (χ1v) is 10.5. The SMILES string of the molecule is Nc1cc(C(=O)N(C2CCCCC2)C2CCCCC2)c(O)c2ccccc12. The van der Waals surface area contributed by atoms with Crippen LogP contribution in [0.1, 0.15) is 74.6 Å². The smallest absolute Gasteiger partial charge is 0.258 e. The first-order chi connectivity index (χ1) is 13.2. The highest BCUT2D eigenvalue weighted by Gasteiger charge is 2.34. The fourth-order valence-corrected chi connectivity index (χ4v) is 5.04. The maximum absolute atomic E-state index is 13.7.